The van der Waals surface area contributed by atoms with Crippen molar-refractivity contribution in [1.82, 2.24) is 5.32 Å². The Labute approximate surface area is 115 Å². The minimum absolute atomic E-state index is 0.0170. The average molecular weight is 268 g/mol. The van der Waals surface area contributed by atoms with Crippen molar-refractivity contribution >= 4 is 11.6 Å². The van der Waals surface area contributed by atoms with Crippen LogP contribution < -0.4 is 10.1 Å². The van der Waals surface area contributed by atoms with E-state index < -0.39 is 0 Å². The van der Waals surface area contributed by atoms with E-state index in [2.05, 4.69) is 32.2 Å². The minimum atomic E-state index is 0.0170. The number of hydrogen-bond donors (Lipinski definition) is 1. The van der Waals surface area contributed by atoms with Crippen molar-refractivity contribution in [3.63, 3.8) is 0 Å². The Bertz CT molecular complexity index is 413. The number of nitrogens with one attached hydrogen (secondary N) is 1. The maximum Gasteiger partial charge on any atom is 0.122 e. The third-order valence-electron chi connectivity index (χ3n) is 3.37. The number of aryl methyl sites for hydroxylation is 1. The molecule has 1 aromatic rings. The van der Waals surface area contributed by atoms with Crippen molar-refractivity contribution in [2.45, 2.75) is 51.7 Å². The molecular formula is C15H22ClNO. The average Bonchev–Trinajstić information content (AvgIpc) is 3.10. The van der Waals surface area contributed by atoms with Crippen molar-refractivity contribution in [2.24, 2.45) is 0 Å². The Hall–Kier alpha value is -0.730. The molecule has 0 spiro atoms. The monoisotopic (exact) mass is 267 g/mol. The van der Waals surface area contributed by atoms with Crippen molar-refractivity contribution in [2.75, 3.05) is 6.54 Å². The van der Waals surface area contributed by atoms with Crippen molar-refractivity contribution in [1.29, 1.82) is 0 Å². The molecule has 1 aromatic carbocycles. The van der Waals surface area contributed by atoms with E-state index in [-0.39, 0.29) is 5.60 Å². The van der Waals surface area contributed by atoms with Gasteiger partial charge in [-0.25, -0.2) is 0 Å². The molecule has 3 heteroatoms. The molecule has 0 unspecified atom stereocenters. The zero-order chi connectivity index (χ0) is 13.2. The second-order valence-corrected chi connectivity index (χ2v) is 5.83. The molecule has 1 aliphatic rings. The van der Waals surface area contributed by atoms with Gasteiger partial charge in [0, 0.05) is 17.6 Å². The minimum Gasteiger partial charge on any atom is -0.486 e. The van der Waals surface area contributed by atoms with Gasteiger partial charge in [0.25, 0.3) is 0 Å². The second kappa shape index (κ2) is 5.50. The van der Waals surface area contributed by atoms with E-state index in [9.17, 15) is 0 Å². The quantitative estimate of drug-likeness (QED) is 0.846. The highest BCUT2D eigenvalue weighted by atomic mass is 35.5. The zero-order valence-corrected chi connectivity index (χ0v) is 12.2. The van der Waals surface area contributed by atoms with Crippen LogP contribution >= 0.6 is 11.6 Å². The van der Waals surface area contributed by atoms with Crippen LogP contribution in [0.3, 0.4) is 0 Å². The molecule has 2 rings (SSSR count). The first-order chi connectivity index (χ1) is 8.54. The normalized spacial score (nSPS) is 16.9. The van der Waals surface area contributed by atoms with Gasteiger partial charge in [0.05, 0.1) is 0 Å². The third-order valence-corrected chi connectivity index (χ3v) is 3.74. The fourth-order valence-corrected chi connectivity index (χ4v) is 2.23. The highest BCUT2D eigenvalue weighted by molar-refractivity contribution is 6.31. The molecule has 0 saturated heterocycles. The lowest BCUT2D eigenvalue weighted by molar-refractivity contribution is 0.172. The van der Waals surface area contributed by atoms with Gasteiger partial charge in [0.2, 0.25) is 0 Å². The lowest BCUT2D eigenvalue weighted by Crippen LogP contribution is -2.36. The number of ether oxygens (including phenoxy) is 1. The summed E-state index contributed by atoms with van der Waals surface area (Å²) in [5, 5.41) is 4.29. The molecule has 18 heavy (non-hydrogen) atoms. The zero-order valence-electron chi connectivity index (χ0n) is 11.4. The first kappa shape index (κ1) is 13.7. The fraction of sp³-hybridized carbons (Fsp3) is 0.600. The van der Waals surface area contributed by atoms with Crippen LogP contribution in [0, 0.1) is 0 Å². The number of halogens is 1. The Morgan fingerprint density at radius 2 is 2.11 bits per heavy atom. The Morgan fingerprint density at radius 1 is 1.39 bits per heavy atom. The molecule has 1 saturated carbocycles. The molecule has 2 nitrogen and oxygen atoms in total. The lowest BCUT2D eigenvalue weighted by Gasteiger charge is -2.20. The van der Waals surface area contributed by atoms with Crippen LogP contribution in [0.25, 0.3) is 0 Å². The van der Waals surface area contributed by atoms with Gasteiger partial charge in [-0.1, -0.05) is 32.4 Å². The van der Waals surface area contributed by atoms with Crippen LogP contribution in [0.15, 0.2) is 18.2 Å². The summed E-state index contributed by atoms with van der Waals surface area (Å²) in [5.41, 5.74) is 1.17. The van der Waals surface area contributed by atoms with Crippen LogP contribution in [0.1, 0.15) is 39.2 Å². The van der Waals surface area contributed by atoms with Gasteiger partial charge in [0.15, 0.2) is 0 Å². The highest BCUT2D eigenvalue weighted by Crippen LogP contribution is 2.40. The van der Waals surface area contributed by atoms with Gasteiger partial charge in [-0.05, 0) is 43.0 Å². The molecule has 0 atom stereocenters. The standard InChI is InChI=1S/C15H22ClNO/c1-4-12-9-13(5-6-14(12)16)18-15(7-8-15)10-17-11(2)3/h5-6,9,11,17H,4,7-8,10H2,1-3H3. The van der Waals surface area contributed by atoms with Crippen molar-refractivity contribution in [3.05, 3.63) is 28.8 Å². The maximum atomic E-state index is 6.14. The van der Waals surface area contributed by atoms with E-state index in [1.165, 1.54) is 0 Å². The number of hydrogen-bond acceptors (Lipinski definition) is 2. The van der Waals surface area contributed by atoms with Gasteiger partial charge in [-0.2, -0.15) is 0 Å². The molecule has 0 aromatic heterocycles. The molecule has 0 aliphatic heterocycles. The fourth-order valence-electron chi connectivity index (χ4n) is 1.98. The molecule has 0 amide bonds. The van der Waals surface area contributed by atoms with Gasteiger partial charge in [-0.15, -0.1) is 0 Å². The van der Waals surface area contributed by atoms with Crippen molar-refractivity contribution in [3.8, 4) is 5.75 Å². The van der Waals surface area contributed by atoms with E-state index in [4.69, 9.17) is 16.3 Å². The summed E-state index contributed by atoms with van der Waals surface area (Å²) in [7, 11) is 0. The topological polar surface area (TPSA) is 21.3 Å². The first-order valence-corrected chi connectivity index (χ1v) is 7.13. The predicted octanol–water partition coefficient (Wildman–Crippen LogP) is 3.81. The van der Waals surface area contributed by atoms with E-state index in [1.807, 2.05) is 12.1 Å². The van der Waals surface area contributed by atoms with Crippen LogP contribution in [0.5, 0.6) is 5.75 Å². The van der Waals surface area contributed by atoms with Crippen molar-refractivity contribution < 1.29 is 4.74 Å². The number of rotatable bonds is 6. The molecule has 1 aliphatic carbocycles. The molecular weight excluding hydrogens is 246 g/mol. The van der Waals surface area contributed by atoms with E-state index in [1.54, 1.807) is 0 Å². The molecule has 1 fully saturated rings. The van der Waals surface area contributed by atoms with E-state index in [0.29, 0.717) is 6.04 Å². The van der Waals surface area contributed by atoms with Gasteiger partial charge >= 0.3 is 0 Å². The van der Waals surface area contributed by atoms with E-state index >= 15 is 0 Å². The first-order valence-electron chi connectivity index (χ1n) is 6.75. The summed E-state index contributed by atoms with van der Waals surface area (Å²) in [5.74, 6) is 0.944. The summed E-state index contributed by atoms with van der Waals surface area (Å²) in [6.45, 7) is 7.36. The largest absolute Gasteiger partial charge is 0.486 e. The van der Waals surface area contributed by atoms with Crippen LogP contribution in [0.4, 0.5) is 0 Å². The van der Waals surface area contributed by atoms with Gasteiger partial charge in [0.1, 0.15) is 11.4 Å². The molecule has 0 bridgehead atoms. The Balaban J connectivity index is 2.01. The van der Waals surface area contributed by atoms with E-state index in [0.717, 1.165) is 42.1 Å². The molecule has 1 N–H and O–H groups in total. The second-order valence-electron chi connectivity index (χ2n) is 5.43. The summed E-state index contributed by atoms with van der Waals surface area (Å²) < 4.78 is 6.14. The Morgan fingerprint density at radius 3 is 2.67 bits per heavy atom. The molecule has 0 radical (unpaired) electrons. The summed E-state index contributed by atoms with van der Waals surface area (Å²) in [6, 6.07) is 6.47. The van der Waals surface area contributed by atoms with Crippen LogP contribution in [-0.2, 0) is 6.42 Å². The summed E-state index contributed by atoms with van der Waals surface area (Å²) in [4.78, 5) is 0. The smallest absolute Gasteiger partial charge is 0.122 e. The molecule has 0 heterocycles. The SMILES string of the molecule is CCc1cc(OC2(CNC(C)C)CC2)ccc1Cl. The lowest BCUT2D eigenvalue weighted by atomic mass is 10.1. The number of benzene rings is 1. The van der Waals surface area contributed by atoms with Gasteiger partial charge in [-0.3, -0.25) is 0 Å². The third kappa shape index (κ3) is 3.39. The Kier molecular flexibility index (Phi) is 4.18. The molecule has 100 valence electrons. The summed E-state index contributed by atoms with van der Waals surface area (Å²) >= 11 is 6.12. The highest BCUT2D eigenvalue weighted by Gasteiger charge is 2.45. The maximum absolute atomic E-state index is 6.14. The summed E-state index contributed by atoms with van der Waals surface area (Å²) in [6.07, 6.45) is 3.21. The predicted molar refractivity (Wildman–Crippen MR) is 76.6 cm³/mol. The van der Waals surface area contributed by atoms with Gasteiger partial charge < -0.3 is 10.1 Å². The van der Waals surface area contributed by atoms with Crippen LogP contribution in [0.2, 0.25) is 5.02 Å². The van der Waals surface area contributed by atoms with Crippen LogP contribution in [-0.4, -0.2) is 18.2 Å².